The molecule has 5 nitrogen and oxygen atoms in total. The van der Waals surface area contributed by atoms with Crippen molar-refractivity contribution in [2.45, 2.75) is 0 Å². The molecule has 2 rings (SSSR count). The van der Waals surface area contributed by atoms with Crippen LogP contribution in [0.4, 0.5) is 31.5 Å². The SMILES string of the molecule is CNc1cccc(Nc2c(F)cc(Br)cc2F)c1[N+](=O)[O-]. The highest BCUT2D eigenvalue weighted by atomic mass is 79.9. The number of nitrogens with one attached hydrogen (secondary N) is 2. The summed E-state index contributed by atoms with van der Waals surface area (Å²) in [5.41, 5.74) is -0.508. The van der Waals surface area contributed by atoms with Crippen molar-refractivity contribution in [3.8, 4) is 0 Å². The molecule has 8 heteroatoms. The second-order valence-corrected chi connectivity index (χ2v) is 4.99. The lowest BCUT2D eigenvalue weighted by atomic mass is 10.2. The first-order valence-corrected chi connectivity index (χ1v) is 6.60. The molecule has 2 aromatic rings. The number of halogens is 3. The van der Waals surface area contributed by atoms with E-state index in [0.717, 1.165) is 12.1 Å². The van der Waals surface area contributed by atoms with Gasteiger partial charge in [0.2, 0.25) is 0 Å². The number of nitro benzene ring substituents is 1. The van der Waals surface area contributed by atoms with E-state index < -0.39 is 22.2 Å². The minimum Gasteiger partial charge on any atom is -0.382 e. The average molecular weight is 358 g/mol. The van der Waals surface area contributed by atoms with Gasteiger partial charge in [0.1, 0.15) is 17.1 Å². The molecule has 0 unspecified atom stereocenters. The minimum absolute atomic E-state index is 0.00743. The van der Waals surface area contributed by atoms with Crippen molar-refractivity contribution in [3.63, 3.8) is 0 Å². The molecule has 0 fully saturated rings. The molecule has 0 bridgehead atoms. The zero-order valence-electron chi connectivity index (χ0n) is 10.8. The first-order chi connectivity index (χ1) is 9.93. The number of para-hydroxylation sites is 1. The fraction of sp³-hybridized carbons (Fsp3) is 0.0769. The predicted molar refractivity (Wildman–Crippen MR) is 80.0 cm³/mol. The van der Waals surface area contributed by atoms with E-state index in [1.165, 1.54) is 25.2 Å². The van der Waals surface area contributed by atoms with Gasteiger partial charge in [-0.25, -0.2) is 8.78 Å². The summed E-state index contributed by atoms with van der Waals surface area (Å²) in [5, 5.41) is 16.3. The Labute approximate surface area is 127 Å². The van der Waals surface area contributed by atoms with Gasteiger partial charge in [-0.05, 0) is 24.3 Å². The molecule has 0 saturated heterocycles. The fourth-order valence-corrected chi connectivity index (χ4v) is 2.24. The predicted octanol–water partition coefficient (Wildman–Crippen LogP) is 4.42. The van der Waals surface area contributed by atoms with Crippen molar-refractivity contribution in [2.24, 2.45) is 0 Å². The van der Waals surface area contributed by atoms with Crippen LogP contribution in [0.3, 0.4) is 0 Å². The Kier molecular flexibility index (Phi) is 4.37. The molecule has 0 saturated carbocycles. The summed E-state index contributed by atoms with van der Waals surface area (Å²) in [6, 6.07) is 6.55. The maximum Gasteiger partial charge on any atom is 0.315 e. The van der Waals surface area contributed by atoms with Gasteiger partial charge in [0.25, 0.3) is 0 Å². The summed E-state index contributed by atoms with van der Waals surface area (Å²) in [4.78, 5) is 10.5. The minimum atomic E-state index is -0.856. The molecule has 0 radical (unpaired) electrons. The third-order valence-corrected chi connectivity index (χ3v) is 3.21. The van der Waals surface area contributed by atoms with Crippen molar-refractivity contribution >= 4 is 38.7 Å². The lowest BCUT2D eigenvalue weighted by Crippen LogP contribution is -2.03. The Hall–Kier alpha value is -2.22. The third kappa shape index (κ3) is 3.10. The highest BCUT2D eigenvalue weighted by Crippen LogP contribution is 2.36. The summed E-state index contributed by atoms with van der Waals surface area (Å²) in [6.07, 6.45) is 0. The van der Waals surface area contributed by atoms with Crippen LogP contribution < -0.4 is 10.6 Å². The van der Waals surface area contributed by atoms with Crippen molar-refractivity contribution in [1.82, 2.24) is 0 Å². The van der Waals surface area contributed by atoms with Gasteiger partial charge >= 0.3 is 5.69 Å². The van der Waals surface area contributed by atoms with Crippen LogP contribution in [0.25, 0.3) is 0 Å². The topological polar surface area (TPSA) is 67.2 Å². The Bertz CT molecular complexity index is 687. The summed E-state index contributed by atoms with van der Waals surface area (Å²) in [5.74, 6) is -1.71. The van der Waals surface area contributed by atoms with E-state index >= 15 is 0 Å². The first kappa shape index (κ1) is 15.2. The van der Waals surface area contributed by atoms with Crippen LogP contribution in [-0.2, 0) is 0 Å². The van der Waals surface area contributed by atoms with Crippen LogP contribution in [0.1, 0.15) is 0 Å². The van der Waals surface area contributed by atoms with Gasteiger partial charge in [-0.2, -0.15) is 0 Å². The monoisotopic (exact) mass is 357 g/mol. The van der Waals surface area contributed by atoms with E-state index in [4.69, 9.17) is 0 Å². The molecule has 2 N–H and O–H groups in total. The summed E-state index contributed by atoms with van der Waals surface area (Å²) >= 11 is 2.97. The van der Waals surface area contributed by atoms with Gasteiger partial charge in [0, 0.05) is 11.5 Å². The van der Waals surface area contributed by atoms with Crippen LogP contribution >= 0.6 is 15.9 Å². The second-order valence-electron chi connectivity index (χ2n) is 4.08. The van der Waals surface area contributed by atoms with Gasteiger partial charge < -0.3 is 10.6 Å². The molecular formula is C13H10BrF2N3O2. The molecule has 0 amide bonds. The van der Waals surface area contributed by atoms with Crippen LogP contribution in [0.15, 0.2) is 34.8 Å². The normalized spacial score (nSPS) is 10.3. The number of hydrogen-bond acceptors (Lipinski definition) is 4. The largest absolute Gasteiger partial charge is 0.382 e. The molecule has 0 heterocycles. The van der Waals surface area contributed by atoms with Gasteiger partial charge in [0.05, 0.1) is 4.92 Å². The van der Waals surface area contributed by atoms with Gasteiger partial charge in [-0.3, -0.25) is 10.1 Å². The molecule has 2 aromatic carbocycles. The van der Waals surface area contributed by atoms with E-state index in [1.54, 1.807) is 0 Å². The number of rotatable bonds is 4. The molecule has 0 atom stereocenters. The van der Waals surface area contributed by atoms with E-state index in [2.05, 4.69) is 26.6 Å². The number of nitro groups is 1. The van der Waals surface area contributed by atoms with Crippen LogP contribution in [0.2, 0.25) is 0 Å². The van der Waals surface area contributed by atoms with Crippen molar-refractivity contribution in [1.29, 1.82) is 0 Å². The van der Waals surface area contributed by atoms with E-state index in [-0.39, 0.29) is 21.5 Å². The molecule has 0 aliphatic rings. The zero-order chi connectivity index (χ0) is 15.6. The third-order valence-electron chi connectivity index (χ3n) is 2.75. The van der Waals surface area contributed by atoms with Gasteiger partial charge in [0.15, 0.2) is 11.6 Å². The molecule has 21 heavy (non-hydrogen) atoms. The Morgan fingerprint density at radius 2 is 1.76 bits per heavy atom. The maximum absolute atomic E-state index is 13.8. The summed E-state index contributed by atoms with van der Waals surface area (Å²) < 4.78 is 27.8. The molecule has 0 aliphatic heterocycles. The number of benzene rings is 2. The van der Waals surface area contributed by atoms with Gasteiger partial charge in [-0.15, -0.1) is 0 Å². The van der Waals surface area contributed by atoms with E-state index in [9.17, 15) is 18.9 Å². The Balaban J connectivity index is 2.52. The standard InChI is InChI=1S/C13H10BrF2N3O2/c1-17-10-3-2-4-11(13(10)19(20)21)18-12-8(15)5-7(14)6-9(12)16/h2-6,17-18H,1H3. The number of anilines is 3. The van der Waals surface area contributed by atoms with Crippen molar-refractivity contribution in [2.75, 3.05) is 17.7 Å². The summed E-state index contributed by atoms with van der Waals surface area (Å²) in [7, 11) is 1.52. The average Bonchev–Trinajstić information content (AvgIpc) is 2.42. The zero-order valence-corrected chi connectivity index (χ0v) is 12.4. The maximum atomic E-state index is 13.8. The smallest absolute Gasteiger partial charge is 0.315 e. The molecule has 0 aromatic heterocycles. The number of nitrogens with zero attached hydrogens (tertiary/aromatic N) is 1. The van der Waals surface area contributed by atoms with Gasteiger partial charge in [-0.1, -0.05) is 22.0 Å². The Morgan fingerprint density at radius 3 is 2.29 bits per heavy atom. The van der Waals surface area contributed by atoms with Crippen molar-refractivity contribution in [3.05, 3.63) is 56.6 Å². The van der Waals surface area contributed by atoms with Crippen LogP contribution in [0.5, 0.6) is 0 Å². The Morgan fingerprint density at radius 1 is 1.19 bits per heavy atom. The fourth-order valence-electron chi connectivity index (χ4n) is 1.84. The quantitative estimate of drug-likeness (QED) is 0.627. The molecule has 0 aliphatic carbocycles. The van der Waals surface area contributed by atoms with Crippen LogP contribution in [0, 0.1) is 21.7 Å². The first-order valence-electron chi connectivity index (χ1n) is 5.80. The molecule has 0 spiro atoms. The lowest BCUT2D eigenvalue weighted by Gasteiger charge is -2.11. The van der Waals surface area contributed by atoms with Crippen LogP contribution in [-0.4, -0.2) is 12.0 Å². The summed E-state index contributed by atoms with van der Waals surface area (Å²) in [6.45, 7) is 0. The number of hydrogen-bond donors (Lipinski definition) is 2. The second kappa shape index (κ2) is 6.04. The molecular weight excluding hydrogens is 348 g/mol. The lowest BCUT2D eigenvalue weighted by molar-refractivity contribution is -0.383. The van der Waals surface area contributed by atoms with E-state index in [1.807, 2.05) is 0 Å². The highest BCUT2D eigenvalue weighted by molar-refractivity contribution is 9.10. The highest BCUT2D eigenvalue weighted by Gasteiger charge is 2.21. The molecule has 110 valence electrons. The van der Waals surface area contributed by atoms with E-state index in [0.29, 0.717) is 0 Å². The van der Waals surface area contributed by atoms with Crippen molar-refractivity contribution < 1.29 is 13.7 Å².